The smallest absolute Gasteiger partial charge is 0.104 e. The standard InChI is InChI=1S/C37H64N/c1-4-7-10-13-16-19-22-28-33-38(36-37-31-26-25-27-32-37,34-29-23-20-17-14-11-8-5-2)35-30-24-21-18-15-12-9-6-3/h7-12,25-27,31-32H,4-6,13-24,28-30,33-36H2,1-3H3/q+1/b10-7+,11-8+,12-9+. The fourth-order valence-corrected chi connectivity index (χ4v) is 5.59. The number of quaternary nitrogens is 1. The lowest BCUT2D eigenvalue weighted by Crippen LogP contribution is -2.49. The zero-order chi connectivity index (χ0) is 27.4. The summed E-state index contributed by atoms with van der Waals surface area (Å²) in [5, 5.41) is 0. The molecule has 0 aromatic heterocycles. The molecular weight excluding hydrogens is 458 g/mol. The van der Waals surface area contributed by atoms with E-state index in [1.165, 1.54) is 152 Å². The van der Waals surface area contributed by atoms with Gasteiger partial charge in [-0.1, -0.05) is 107 Å². The van der Waals surface area contributed by atoms with Gasteiger partial charge < -0.3 is 4.48 Å². The molecule has 1 heteroatoms. The maximum absolute atomic E-state index is 2.38. The first-order chi connectivity index (χ1) is 18.8. The fraction of sp³-hybridized carbons (Fsp3) is 0.676. The third kappa shape index (κ3) is 19.5. The molecule has 0 unspecified atom stereocenters. The minimum atomic E-state index is 1.17. The van der Waals surface area contributed by atoms with E-state index >= 15 is 0 Å². The zero-order valence-corrected chi connectivity index (χ0v) is 25.9. The van der Waals surface area contributed by atoms with Crippen LogP contribution in [0.3, 0.4) is 0 Å². The largest absolute Gasteiger partial charge is 0.320 e. The van der Waals surface area contributed by atoms with Gasteiger partial charge in [-0.15, -0.1) is 0 Å². The molecule has 1 nitrogen and oxygen atoms in total. The number of rotatable bonds is 26. The van der Waals surface area contributed by atoms with E-state index in [2.05, 4.69) is 87.6 Å². The highest BCUT2D eigenvalue weighted by molar-refractivity contribution is 5.13. The lowest BCUT2D eigenvalue weighted by molar-refractivity contribution is -0.941. The van der Waals surface area contributed by atoms with Crippen LogP contribution in [0.25, 0.3) is 0 Å². The van der Waals surface area contributed by atoms with Gasteiger partial charge >= 0.3 is 0 Å². The molecule has 0 aliphatic carbocycles. The second-order valence-electron chi connectivity index (χ2n) is 11.4. The molecule has 0 saturated heterocycles. The molecule has 0 saturated carbocycles. The average Bonchev–Trinajstić information content (AvgIpc) is 2.93. The molecule has 0 amide bonds. The Bertz CT molecular complexity index is 634. The number of hydrogen-bond donors (Lipinski definition) is 0. The monoisotopic (exact) mass is 523 g/mol. The van der Waals surface area contributed by atoms with Gasteiger partial charge in [0.2, 0.25) is 0 Å². The van der Waals surface area contributed by atoms with Gasteiger partial charge in [0.05, 0.1) is 19.6 Å². The molecule has 1 aromatic rings. The van der Waals surface area contributed by atoms with Crippen LogP contribution in [0.5, 0.6) is 0 Å². The Morgan fingerprint density at radius 3 is 1.18 bits per heavy atom. The van der Waals surface area contributed by atoms with E-state index in [9.17, 15) is 0 Å². The van der Waals surface area contributed by atoms with Crippen molar-refractivity contribution in [1.29, 1.82) is 0 Å². The summed E-state index contributed by atoms with van der Waals surface area (Å²) in [6.45, 7) is 12.0. The van der Waals surface area contributed by atoms with E-state index in [1.54, 1.807) is 0 Å². The molecule has 38 heavy (non-hydrogen) atoms. The first-order valence-electron chi connectivity index (χ1n) is 16.6. The Kier molecular flexibility index (Phi) is 23.3. The number of unbranched alkanes of at least 4 members (excludes halogenated alkanes) is 12. The quantitative estimate of drug-likeness (QED) is 0.0644. The van der Waals surface area contributed by atoms with E-state index in [4.69, 9.17) is 0 Å². The maximum atomic E-state index is 2.38. The molecule has 0 spiro atoms. The number of benzene rings is 1. The van der Waals surface area contributed by atoms with Crippen molar-refractivity contribution in [2.45, 2.75) is 143 Å². The van der Waals surface area contributed by atoms with Gasteiger partial charge in [-0.25, -0.2) is 0 Å². The van der Waals surface area contributed by atoms with Crippen LogP contribution >= 0.6 is 0 Å². The first-order valence-corrected chi connectivity index (χ1v) is 16.6. The molecule has 0 aliphatic rings. The van der Waals surface area contributed by atoms with Crippen LogP contribution in [-0.2, 0) is 6.54 Å². The molecule has 216 valence electrons. The number of nitrogens with zero attached hydrogens (tertiary/aromatic N) is 1. The minimum Gasteiger partial charge on any atom is -0.320 e. The van der Waals surface area contributed by atoms with Gasteiger partial charge in [0.1, 0.15) is 6.54 Å². The van der Waals surface area contributed by atoms with Gasteiger partial charge in [-0.05, 0) is 96.3 Å². The van der Waals surface area contributed by atoms with Crippen LogP contribution in [-0.4, -0.2) is 24.1 Å². The molecule has 0 radical (unpaired) electrons. The van der Waals surface area contributed by atoms with Gasteiger partial charge in [0.25, 0.3) is 0 Å². The zero-order valence-electron chi connectivity index (χ0n) is 25.9. The number of hydrogen-bond acceptors (Lipinski definition) is 0. The van der Waals surface area contributed by atoms with Crippen molar-refractivity contribution in [3.8, 4) is 0 Å². The van der Waals surface area contributed by atoms with Crippen molar-refractivity contribution in [3.05, 3.63) is 72.4 Å². The second kappa shape index (κ2) is 25.7. The van der Waals surface area contributed by atoms with Gasteiger partial charge in [0, 0.05) is 5.56 Å². The van der Waals surface area contributed by atoms with Crippen LogP contribution in [0.1, 0.15) is 142 Å². The minimum absolute atomic E-state index is 1.17. The molecule has 0 bridgehead atoms. The summed E-state index contributed by atoms with van der Waals surface area (Å²) in [6, 6.07) is 11.4. The molecule has 0 fully saturated rings. The van der Waals surface area contributed by atoms with E-state index in [0.29, 0.717) is 0 Å². The normalized spacial score (nSPS) is 12.5. The molecule has 1 aromatic carbocycles. The topological polar surface area (TPSA) is 0 Å². The van der Waals surface area contributed by atoms with E-state index in [-0.39, 0.29) is 0 Å². The van der Waals surface area contributed by atoms with Crippen molar-refractivity contribution in [3.63, 3.8) is 0 Å². The van der Waals surface area contributed by atoms with E-state index in [1.807, 2.05) is 0 Å². The summed E-state index contributed by atoms with van der Waals surface area (Å²) in [5.74, 6) is 0. The van der Waals surface area contributed by atoms with Crippen molar-refractivity contribution in [2.24, 2.45) is 0 Å². The summed E-state index contributed by atoms with van der Waals surface area (Å²) in [4.78, 5) is 0. The lowest BCUT2D eigenvalue weighted by atomic mass is 10.0. The van der Waals surface area contributed by atoms with Crippen LogP contribution in [0.15, 0.2) is 66.8 Å². The first kappa shape index (κ1) is 34.4. The lowest BCUT2D eigenvalue weighted by Gasteiger charge is -2.39. The van der Waals surface area contributed by atoms with Crippen LogP contribution in [0.4, 0.5) is 0 Å². The predicted octanol–water partition coefficient (Wildman–Crippen LogP) is 11.8. The third-order valence-corrected chi connectivity index (χ3v) is 7.83. The van der Waals surface area contributed by atoms with E-state index in [0.717, 1.165) is 0 Å². The van der Waals surface area contributed by atoms with Crippen LogP contribution < -0.4 is 0 Å². The molecule has 0 N–H and O–H groups in total. The fourth-order valence-electron chi connectivity index (χ4n) is 5.59. The molecule has 0 heterocycles. The van der Waals surface area contributed by atoms with Gasteiger partial charge in [-0.3, -0.25) is 0 Å². The van der Waals surface area contributed by atoms with Crippen molar-refractivity contribution in [1.82, 2.24) is 0 Å². The summed E-state index contributed by atoms with van der Waals surface area (Å²) >= 11 is 0. The highest BCUT2D eigenvalue weighted by atomic mass is 15.3. The number of allylic oxidation sites excluding steroid dienone is 6. The SMILES string of the molecule is CC/C=C/CCCCCC[N+](CCCCCC/C=C/CC)(CCCCCC/C=C/CC)Cc1ccccc1. The predicted molar refractivity (Wildman–Crippen MR) is 173 cm³/mol. The summed E-state index contributed by atoms with van der Waals surface area (Å²) in [6.07, 6.45) is 38.0. The van der Waals surface area contributed by atoms with Crippen molar-refractivity contribution < 1.29 is 4.48 Å². The summed E-state index contributed by atoms with van der Waals surface area (Å²) in [5.41, 5.74) is 1.53. The Morgan fingerprint density at radius 2 is 0.816 bits per heavy atom. The highest BCUT2D eigenvalue weighted by Crippen LogP contribution is 2.22. The Morgan fingerprint density at radius 1 is 0.447 bits per heavy atom. The van der Waals surface area contributed by atoms with Crippen LogP contribution in [0.2, 0.25) is 0 Å². The summed E-state index contributed by atoms with van der Waals surface area (Å²) < 4.78 is 1.31. The van der Waals surface area contributed by atoms with Crippen molar-refractivity contribution >= 4 is 0 Å². The molecule has 0 aliphatic heterocycles. The Hall–Kier alpha value is -1.60. The van der Waals surface area contributed by atoms with E-state index < -0.39 is 0 Å². The summed E-state index contributed by atoms with van der Waals surface area (Å²) in [7, 11) is 0. The third-order valence-electron chi connectivity index (χ3n) is 7.83. The second-order valence-corrected chi connectivity index (χ2v) is 11.4. The van der Waals surface area contributed by atoms with Gasteiger partial charge in [-0.2, -0.15) is 0 Å². The van der Waals surface area contributed by atoms with Crippen LogP contribution in [0, 0.1) is 0 Å². The molecular formula is C37H64N+. The Labute approximate surface area is 239 Å². The maximum Gasteiger partial charge on any atom is 0.104 e. The Balaban J connectivity index is 2.69. The van der Waals surface area contributed by atoms with Gasteiger partial charge in [0.15, 0.2) is 0 Å². The highest BCUT2D eigenvalue weighted by Gasteiger charge is 2.26. The average molecular weight is 523 g/mol. The molecule has 1 rings (SSSR count). The molecule has 0 atom stereocenters. The van der Waals surface area contributed by atoms with Crippen molar-refractivity contribution in [2.75, 3.05) is 19.6 Å².